The van der Waals surface area contributed by atoms with Gasteiger partial charge in [-0.25, -0.2) is 0 Å². The molecule has 0 saturated heterocycles. The maximum absolute atomic E-state index is 12.7. The standard InChI is InChI=1S/C17H16Br2O2/c1-10-8-14(19)11(2)16(17(10)21-3)15(20)9-12-4-6-13(18)7-5-12/h4-8H,9H2,1-3H3. The van der Waals surface area contributed by atoms with Crippen molar-refractivity contribution >= 4 is 37.6 Å². The average molecular weight is 412 g/mol. The molecule has 0 aromatic heterocycles. The van der Waals surface area contributed by atoms with Crippen LogP contribution in [-0.2, 0) is 6.42 Å². The lowest BCUT2D eigenvalue weighted by Gasteiger charge is -2.15. The lowest BCUT2D eigenvalue weighted by molar-refractivity contribution is 0.0989. The second kappa shape index (κ2) is 6.75. The number of halogens is 2. The largest absolute Gasteiger partial charge is 0.496 e. The number of carbonyl (C=O) groups excluding carboxylic acids is 1. The molecule has 2 rings (SSSR count). The molecular formula is C17H16Br2O2. The van der Waals surface area contributed by atoms with Gasteiger partial charge in [-0.1, -0.05) is 44.0 Å². The summed E-state index contributed by atoms with van der Waals surface area (Å²) < 4.78 is 7.38. The molecule has 0 saturated carbocycles. The molecule has 0 radical (unpaired) electrons. The van der Waals surface area contributed by atoms with Crippen LogP contribution in [0.15, 0.2) is 39.3 Å². The first kappa shape index (κ1) is 16.2. The van der Waals surface area contributed by atoms with Gasteiger partial charge in [0.2, 0.25) is 0 Å². The van der Waals surface area contributed by atoms with Gasteiger partial charge >= 0.3 is 0 Å². The zero-order valence-electron chi connectivity index (χ0n) is 12.2. The molecule has 4 heteroatoms. The van der Waals surface area contributed by atoms with E-state index in [0.29, 0.717) is 17.7 Å². The minimum Gasteiger partial charge on any atom is -0.496 e. The molecule has 0 atom stereocenters. The van der Waals surface area contributed by atoms with Crippen molar-refractivity contribution in [3.8, 4) is 5.75 Å². The zero-order valence-corrected chi connectivity index (χ0v) is 15.3. The quantitative estimate of drug-likeness (QED) is 0.641. The highest BCUT2D eigenvalue weighted by Gasteiger charge is 2.19. The van der Waals surface area contributed by atoms with Crippen LogP contribution in [0.25, 0.3) is 0 Å². The fraction of sp³-hybridized carbons (Fsp3) is 0.235. The Morgan fingerprint density at radius 3 is 2.33 bits per heavy atom. The monoisotopic (exact) mass is 410 g/mol. The number of hydrogen-bond acceptors (Lipinski definition) is 2. The fourth-order valence-electron chi connectivity index (χ4n) is 2.33. The van der Waals surface area contributed by atoms with Crippen LogP contribution in [0, 0.1) is 13.8 Å². The minimum atomic E-state index is 0.0658. The van der Waals surface area contributed by atoms with Gasteiger partial charge in [-0.15, -0.1) is 0 Å². The van der Waals surface area contributed by atoms with Gasteiger partial charge in [-0.3, -0.25) is 4.79 Å². The Balaban J connectivity index is 2.41. The van der Waals surface area contributed by atoms with Gasteiger partial charge in [0, 0.05) is 15.4 Å². The molecule has 110 valence electrons. The van der Waals surface area contributed by atoms with Gasteiger partial charge in [-0.2, -0.15) is 0 Å². The van der Waals surface area contributed by atoms with E-state index in [1.54, 1.807) is 7.11 Å². The summed E-state index contributed by atoms with van der Waals surface area (Å²) in [7, 11) is 1.60. The summed E-state index contributed by atoms with van der Waals surface area (Å²) in [5, 5.41) is 0. The van der Waals surface area contributed by atoms with Gasteiger partial charge < -0.3 is 4.74 Å². The van der Waals surface area contributed by atoms with Crippen LogP contribution >= 0.6 is 31.9 Å². The van der Waals surface area contributed by atoms with Crippen molar-refractivity contribution in [3.05, 3.63) is 61.5 Å². The van der Waals surface area contributed by atoms with Gasteiger partial charge in [0.25, 0.3) is 0 Å². The number of methoxy groups -OCH3 is 1. The third kappa shape index (κ3) is 3.55. The summed E-state index contributed by atoms with van der Waals surface area (Å²) in [6, 6.07) is 9.77. The molecule has 0 aliphatic rings. The van der Waals surface area contributed by atoms with Crippen LogP contribution in [-0.4, -0.2) is 12.9 Å². The van der Waals surface area contributed by atoms with Crippen molar-refractivity contribution < 1.29 is 9.53 Å². The number of hydrogen-bond donors (Lipinski definition) is 0. The molecule has 21 heavy (non-hydrogen) atoms. The molecule has 0 fully saturated rings. The highest BCUT2D eigenvalue weighted by atomic mass is 79.9. The molecule has 0 spiro atoms. The normalized spacial score (nSPS) is 10.5. The first-order valence-corrected chi connectivity index (χ1v) is 8.14. The van der Waals surface area contributed by atoms with Crippen LogP contribution < -0.4 is 4.74 Å². The van der Waals surface area contributed by atoms with Crippen LogP contribution in [0.5, 0.6) is 5.75 Å². The summed E-state index contributed by atoms with van der Waals surface area (Å²) in [5.74, 6) is 0.730. The van der Waals surface area contributed by atoms with Gasteiger partial charge in [0.15, 0.2) is 5.78 Å². The minimum absolute atomic E-state index is 0.0658. The lowest BCUT2D eigenvalue weighted by Crippen LogP contribution is -2.09. The van der Waals surface area contributed by atoms with E-state index in [1.807, 2.05) is 44.2 Å². The first-order chi connectivity index (χ1) is 9.93. The Hall–Kier alpha value is -1.13. The fourth-order valence-corrected chi connectivity index (χ4v) is 3.13. The van der Waals surface area contributed by atoms with Crippen molar-refractivity contribution in [2.45, 2.75) is 20.3 Å². The van der Waals surface area contributed by atoms with E-state index in [0.717, 1.165) is 25.6 Å². The summed E-state index contributed by atoms with van der Waals surface area (Å²) >= 11 is 6.91. The van der Waals surface area contributed by atoms with Gasteiger partial charge in [-0.05, 0) is 48.7 Å². The predicted octanol–water partition coefficient (Wildman–Crippen LogP) is 5.26. The van der Waals surface area contributed by atoms with Crippen LogP contribution in [0.4, 0.5) is 0 Å². The number of Topliss-reactive ketones (excluding diaryl/α,β-unsaturated/α-hetero) is 1. The Morgan fingerprint density at radius 1 is 1.14 bits per heavy atom. The zero-order chi connectivity index (χ0) is 15.6. The molecular weight excluding hydrogens is 396 g/mol. The third-order valence-electron chi connectivity index (χ3n) is 3.42. The second-order valence-electron chi connectivity index (χ2n) is 4.93. The average Bonchev–Trinajstić information content (AvgIpc) is 2.44. The number of rotatable bonds is 4. The van der Waals surface area contributed by atoms with E-state index in [2.05, 4.69) is 31.9 Å². The highest BCUT2D eigenvalue weighted by molar-refractivity contribution is 9.10. The van der Waals surface area contributed by atoms with Crippen molar-refractivity contribution in [2.75, 3.05) is 7.11 Å². The van der Waals surface area contributed by atoms with Crippen LogP contribution in [0.2, 0.25) is 0 Å². The van der Waals surface area contributed by atoms with Crippen molar-refractivity contribution in [1.29, 1.82) is 0 Å². The van der Waals surface area contributed by atoms with Gasteiger partial charge in [0.05, 0.1) is 12.7 Å². The van der Waals surface area contributed by atoms with E-state index in [4.69, 9.17) is 4.74 Å². The number of ketones is 1. The summed E-state index contributed by atoms with van der Waals surface area (Å²) in [6.07, 6.45) is 0.361. The number of carbonyl (C=O) groups is 1. The van der Waals surface area contributed by atoms with E-state index >= 15 is 0 Å². The SMILES string of the molecule is COc1c(C)cc(Br)c(C)c1C(=O)Cc1ccc(Br)cc1. The van der Waals surface area contributed by atoms with Crippen LogP contribution in [0.1, 0.15) is 27.0 Å². The summed E-state index contributed by atoms with van der Waals surface area (Å²) in [5.41, 5.74) is 3.52. The maximum Gasteiger partial charge on any atom is 0.171 e. The van der Waals surface area contributed by atoms with E-state index in [-0.39, 0.29) is 5.78 Å². The first-order valence-electron chi connectivity index (χ1n) is 6.55. The molecule has 0 unspecified atom stereocenters. The van der Waals surface area contributed by atoms with E-state index in [1.165, 1.54) is 0 Å². The van der Waals surface area contributed by atoms with E-state index in [9.17, 15) is 4.79 Å². The molecule has 0 bridgehead atoms. The molecule has 0 aliphatic heterocycles. The molecule has 0 aliphatic carbocycles. The molecule has 2 aromatic carbocycles. The van der Waals surface area contributed by atoms with Crippen LogP contribution in [0.3, 0.4) is 0 Å². The molecule has 2 nitrogen and oxygen atoms in total. The third-order valence-corrected chi connectivity index (χ3v) is 4.77. The van der Waals surface area contributed by atoms with Crippen molar-refractivity contribution in [1.82, 2.24) is 0 Å². The highest BCUT2D eigenvalue weighted by Crippen LogP contribution is 2.33. The van der Waals surface area contributed by atoms with Crippen molar-refractivity contribution in [3.63, 3.8) is 0 Å². The van der Waals surface area contributed by atoms with E-state index < -0.39 is 0 Å². The number of benzene rings is 2. The Kier molecular flexibility index (Phi) is 5.22. The smallest absolute Gasteiger partial charge is 0.171 e. The molecule has 0 amide bonds. The Bertz CT molecular complexity index is 676. The number of aryl methyl sites for hydroxylation is 1. The van der Waals surface area contributed by atoms with Gasteiger partial charge in [0.1, 0.15) is 5.75 Å². The lowest BCUT2D eigenvalue weighted by atomic mass is 9.96. The Morgan fingerprint density at radius 2 is 1.76 bits per heavy atom. The van der Waals surface area contributed by atoms with Crippen molar-refractivity contribution in [2.24, 2.45) is 0 Å². The Labute approximate surface area is 141 Å². The molecule has 2 aromatic rings. The number of ether oxygens (including phenoxy) is 1. The summed E-state index contributed by atoms with van der Waals surface area (Å²) in [6.45, 7) is 3.88. The topological polar surface area (TPSA) is 26.3 Å². The molecule has 0 N–H and O–H groups in total. The maximum atomic E-state index is 12.7. The summed E-state index contributed by atoms with van der Waals surface area (Å²) in [4.78, 5) is 12.7. The predicted molar refractivity (Wildman–Crippen MR) is 92.3 cm³/mol. The molecule has 0 heterocycles. The second-order valence-corrected chi connectivity index (χ2v) is 6.70.